The number of hydrogen-bond acceptors (Lipinski definition) is 5. The topological polar surface area (TPSA) is 96.2 Å². The van der Waals surface area contributed by atoms with Gasteiger partial charge < -0.3 is 24.8 Å². The van der Waals surface area contributed by atoms with Crippen molar-refractivity contribution in [2.24, 2.45) is 0 Å². The first-order valence-corrected chi connectivity index (χ1v) is 8.43. The van der Waals surface area contributed by atoms with Gasteiger partial charge in [-0.25, -0.2) is 4.79 Å². The summed E-state index contributed by atoms with van der Waals surface area (Å²) in [6.07, 6.45) is -0.00727. The second kappa shape index (κ2) is 9.33. The molecular weight excluding hydrogens is 336 g/mol. The number of aromatic carboxylic acids is 1. The van der Waals surface area contributed by atoms with Crippen molar-refractivity contribution in [3.05, 3.63) is 59.2 Å². The summed E-state index contributed by atoms with van der Waals surface area (Å²) in [7, 11) is 0. The molecule has 0 saturated heterocycles. The smallest absolute Gasteiger partial charge is 0.336 e. The molecule has 0 aromatic heterocycles. The first-order valence-electron chi connectivity index (χ1n) is 8.43. The summed E-state index contributed by atoms with van der Waals surface area (Å²) >= 11 is 0. The van der Waals surface area contributed by atoms with Gasteiger partial charge in [0.1, 0.15) is 11.5 Å². The third-order valence-corrected chi connectivity index (χ3v) is 3.80. The Morgan fingerprint density at radius 1 is 1.15 bits per heavy atom. The zero-order chi connectivity index (χ0) is 19.1. The molecule has 0 spiro atoms. The zero-order valence-electron chi connectivity index (χ0n) is 14.9. The van der Waals surface area contributed by atoms with Gasteiger partial charge in [-0.2, -0.15) is 0 Å². The van der Waals surface area contributed by atoms with Crippen molar-refractivity contribution in [2.45, 2.75) is 32.5 Å². The number of para-hydroxylation sites is 1. The summed E-state index contributed by atoms with van der Waals surface area (Å²) in [5.41, 5.74) is 2.09. The minimum absolute atomic E-state index is 0.00667. The lowest BCUT2D eigenvalue weighted by molar-refractivity contribution is -0.0177. The van der Waals surface area contributed by atoms with E-state index in [9.17, 15) is 4.79 Å². The fourth-order valence-electron chi connectivity index (χ4n) is 2.46. The van der Waals surface area contributed by atoms with Crippen LogP contribution in [0.5, 0.6) is 11.5 Å². The molecule has 6 heteroatoms. The Hall–Kier alpha value is -2.41. The van der Waals surface area contributed by atoms with Crippen LogP contribution in [0.15, 0.2) is 42.5 Å². The van der Waals surface area contributed by atoms with E-state index in [0.717, 1.165) is 16.9 Å². The average Bonchev–Trinajstić information content (AvgIpc) is 2.64. The maximum atomic E-state index is 11.1. The number of aliphatic hydroxyl groups excluding tert-OH is 2. The minimum atomic E-state index is -0.912. The van der Waals surface area contributed by atoms with E-state index in [1.807, 2.05) is 24.3 Å². The van der Waals surface area contributed by atoms with Crippen LogP contribution in [0, 0.1) is 0 Å². The van der Waals surface area contributed by atoms with Gasteiger partial charge in [-0.05, 0) is 37.6 Å². The second-order valence-electron chi connectivity index (χ2n) is 6.15. The molecule has 3 rings (SSSR count). The van der Waals surface area contributed by atoms with Crippen LogP contribution in [0.2, 0.25) is 0 Å². The van der Waals surface area contributed by atoms with Crippen LogP contribution in [-0.2, 0) is 11.2 Å². The monoisotopic (exact) mass is 360 g/mol. The van der Waals surface area contributed by atoms with E-state index in [-0.39, 0.29) is 12.7 Å². The number of ether oxygens (including phenoxy) is 2. The van der Waals surface area contributed by atoms with Crippen LogP contribution < -0.4 is 4.74 Å². The molecule has 2 atom stereocenters. The van der Waals surface area contributed by atoms with Crippen molar-refractivity contribution < 1.29 is 29.6 Å². The normalized spacial score (nSPS) is 14.0. The summed E-state index contributed by atoms with van der Waals surface area (Å²) in [6, 6.07) is 12.8. The predicted octanol–water partition coefficient (Wildman–Crippen LogP) is 2.85. The number of aliphatic hydroxyl groups is 2. The van der Waals surface area contributed by atoms with E-state index < -0.39 is 12.1 Å². The lowest BCUT2D eigenvalue weighted by atomic mass is 9.96. The van der Waals surface area contributed by atoms with Gasteiger partial charge in [0, 0.05) is 12.0 Å². The third-order valence-electron chi connectivity index (χ3n) is 3.80. The second-order valence-corrected chi connectivity index (χ2v) is 6.15. The van der Waals surface area contributed by atoms with Crippen molar-refractivity contribution in [2.75, 3.05) is 13.2 Å². The quantitative estimate of drug-likeness (QED) is 0.647. The molecule has 140 valence electrons. The summed E-state index contributed by atoms with van der Waals surface area (Å²) in [4.78, 5) is 11.1. The van der Waals surface area contributed by atoms with E-state index in [1.54, 1.807) is 32.0 Å². The molecule has 2 unspecified atom stereocenters. The Balaban J connectivity index is 0.000000232. The van der Waals surface area contributed by atoms with Crippen molar-refractivity contribution >= 4 is 5.97 Å². The first kappa shape index (κ1) is 19.9. The van der Waals surface area contributed by atoms with Gasteiger partial charge >= 0.3 is 5.97 Å². The molecule has 0 fully saturated rings. The Labute approximate surface area is 152 Å². The van der Waals surface area contributed by atoms with Crippen LogP contribution in [0.4, 0.5) is 0 Å². The molecule has 1 aliphatic heterocycles. The molecule has 1 heterocycles. The lowest BCUT2D eigenvalue weighted by Gasteiger charge is -2.21. The van der Waals surface area contributed by atoms with Gasteiger partial charge in [0.2, 0.25) is 0 Å². The Morgan fingerprint density at radius 3 is 2.50 bits per heavy atom. The molecule has 0 aliphatic carbocycles. The lowest BCUT2D eigenvalue weighted by Crippen LogP contribution is -2.19. The van der Waals surface area contributed by atoms with Crippen LogP contribution in [0.25, 0.3) is 0 Å². The van der Waals surface area contributed by atoms with Crippen LogP contribution in [0.3, 0.4) is 0 Å². The first-order chi connectivity index (χ1) is 12.4. The number of carboxylic acids is 1. The molecule has 0 amide bonds. The van der Waals surface area contributed by atoms with E-state index >= 15 is 0 Å². The standard InChI is InChI=1S/C14H10O3.C6H14O3/c15-14(16)10-5-3-7-13-11(10)8-9-4-1-2-6-12(9)17-13;1-5(8)4-9-6(2)3-7/h1-7H,8H2,(H,15,16);5-8H,3-4H2,1-2H3. The summed E-state index contributed by atoms with van der Waals surface area (Å²) in [5.74, 6) is 0.538. The SMILES string of the molecule is CC(O)COC(C)CO.O=C(O)c1cccc2c1Cc1ccccc1O2. The van der Waals surface area contributed by atoms with Gasteiger partial charge in [0.05, 0.1) is 31.0 Å². The predicted molar refractivity (Wildman–Crippen MR) is 96.9 cm³/mol. The zero-order valence-corrected chi connectivity index (χ0v) is 14.9. The molecule has 26 heavy (non-hydrogen) atoms. The Bertz CT molecular complexity index is 741. The van der Waals surface area contributed by atoms with Crippen molar-refractivity contribution in [3.8, 4) is 11.5 Å². The van der Waals surface area contributed by atoms with Gasteiger partial charge in [0.25, 0.3) is 0 Å². The number of carbonyl (C=O) groups is 1. The van der Waals surface area contributed by atoms with Gasteiger partial charge in [-0.3, -0.25) is 0 Å². The molecule has 6 nitrogen and oxygen atoms in total. The van der Waals surface area contributed by atoms with Crippen LogP contribution in [0.1, 0.15) is 35.3 Å². The maximum absolute atomic E-state index is 11.1. The molecule has 0 saturated carbocycles. The molecule has 2 aromatic rings. The van der Waals surface area contributed by atoms with Crippen LogP contribution in [-0.4, -0.2) is 46.7 Å². The molecule has 3 N–H and O–H groups in total. The fourth-order valence-corrected chi connectivity index (χ4v) is 2.46. The largest absolute Gasteiger partial charge is 0.478 e. The van der Waals surface area contributed by atoms with Gasteiger partial charge in [0.15, 0.2) is 0 Å². The van der Waals surface area contributed by atoms with E-state index in [0.29, 0.717) is 24.3 Å². The highest BCUT2D eigenvalue weighted by molar-refractivity contribution is 5.90. The summed E-state index contributed by atoms with van der Waals surface area (Å²) < 4.78 is 10.7. The van der Waals surface area contributed by atoms with Crippen molar-refractivity contribution in [1.82, 2.24) is 0 Å². The van der Waals surface area contributed by atoms with Gasteiger partial charge in [-0.15, -0.1) is 0 Å². The summed E-state index contributed by atoms with van der Waals surface area (Å²) in [6.45, 7) is 3.70. The minimum Gasteiger partial charge on any atom is -0.478 e. The third kappa shape index (κ3) is 5.29. The van der Waals surface area contributed by atoms with E-state index in [1.165, 1.54) is 0 Å². The van der Waals surface area contributed by atoms with Crippen LogP contribution >= 0.6 is 0 Å². The highest BCUT2D eigenvalue weighted by atomic mass is 16.5. The fraction of sp³-hybridized carbons (Fsp3) is 0.350. The molecule has 0 radical (unpaired) electrons. The Morgan fingerprint density at radius 2 is 1.85 bits per heavy atom. The van der Waals surface area contributed by atoms with Gasteiger partial charge in [-0.1, -0.05) is 24.3 Å². The number of hydrogen-bond donors (Lipinski definition) is 3. The average molecular weight is 360 g/mol. The molecule has 1 aliphatic rings. The maximum Gasteiger partial charge on any atom is 0.336 e. The number of rotatable bonds is 5. The highest BCUT2D eigenvalue weighted by Crippen LogP contribution is 2.37. The van der Waals surface area contributed by atoms with Crippen molar-refractivity contribution in [3.63, 3.8) is 0 Å². The highest BCUT2D eigenvalue weighted by Gasteiger charge is 2.21. The van der Waals surface area contributed by atoms with E-state index in [2.05, 4.69) is 0 Å². The molecular formula is C20H24O6. The van der Waals surface area contributed by atoms with E-state index in [4.69, 9.17) is 24.8 Å². The number of carboxylic acid groups (broad SMARTS) is 1. The number of fused-ring (bicyclic) bond motifs is 2. The summed E-state index contributed by atoms with van der Waals surface area (Å²) in [5, 5.41) is 26.3. The molecule has 2 aromatic carbocycles. The number of benzene rings is 2. The molecule has 0 bridgehead atoms. The Kier molecular flexibility index (Phi) is 7.15. The van der Waals surface area contributed by atoms with Crippen molar-refractivity contribution in [1.29, 1.82) is 0 Å².